The topological polar surface area (TPSA) is 49.9 Å². The van der Waals surface area contributed by atoms with Crippen molar-refractivity contribution < 1.29 is 14.3 Å². The van der Waals surface area contributed by atoms with Gasteiger partial charge in [-0.2, -0.15) is 0 Å². The van der Waals surface area contributed by atoms with Gasteiger partial charge >= 0.3 is 0 Å². The first-order chi connectivity index (χ1) is 13.2. The highest BCUT2D eigenvalue weighted by Gasteiger charge is 2.34. The summed E-state index contributed by atoms with van der Waals surface area (Å²) < 4.78 is 5.15. The highest BCUT2D eigenvalue weighted by molar-refractivity contribution is 5.84. The molecule has 3 rings (SSSR count). The fraction of sp³-hybridized carbons (Fsp3) is 0.909. The molecular formula is C22H38N2O3. The van der Waals surface area contributed by atoms with Gasteiger partial charge in [-0.25, -0.2) is 0 Å². The van der Waals surface area contributed by atoms with Gasteiger partial charge in [0.05, 0.1) is 5.92 Å². The molecule has 1 aliphatic carbocycles. The third-order valence-electron chi connectivity index (χ3n) is 6.94. The first-order valence-electron chi connectivity index (χ1n) is 11.2. The Kier molecular flexibility index (Phi) is 7.98. The zero-order chi connectivity index (χ0) is 19.1. The number of hydrogen-bond donors (Lipinski definition) is 0. The highest BCUT2D eigenvalue weighted by Crippen LogP contribution is 2.29. The molecule has 2 heterocycles. The fourth-order valence-corrected chi connectivity index (χ4v) is 5.19. The minimum absolute atomic E-state index is 0.0244. The van der Waals surface area contributed by atoms with Gasteiger partial charge in [0.1, 0.15) is 0 Å². The summed E-state index contributed by atoms with van der Waals surface area (Å²) in [4.78, 5) is 29.5. The summed E-state index contributed by atoms with van der Waals surface area (Å²) in [5.41, 5.74) is 0. The maximum atomic E-state index is 13.0. The van der Waals surface area contributed by atoms with Gasteiger partial charge in [-0.15, -0.1) is 0 Å². The number of carbonyl (C=O) groups excluding carboxylic acids is 2. The van der Waals surface area contributed by atoms with Crippen LogP contribution in [0.5, 0.6) is 0 Å². The first kappa shape index (κ1) is 20.6. The van der Waals surface area contributed by atoms with Gasteiger partial charge in [-0.1, -0.05) is 19.3 Å². The molecule has 0 radical (unpaired) electrons. The van der Waals surface area contributed by atoms with Crippen molar-refractivity contribution in [2.75, 3.05) is 39.9 Å². The Balaban J connectivity index is 1.44. The van der Waals surface area contributed by atoms with E-state index >= 15 is 0 Å². The molecule has 0 aromatic carbocycles. The van der Waals surface area contributed by atoms with Crippen LogP contribution in [-0.4, -0.2) is 61.5 Å². The molecule has 2 saturated heterocycles. The van der Waals surface area contributed by atoms with E-state index in [0.717, 1.165) is 57.8 Å². The Hall–Kier alpha value is -1.10. The number of ether oxygens (including phenoxy) is 1. The van der Waals surface area contributed by atoms with Gasteiger partial charge in [-0.3, -0.25) is 9.59 Å². The molecular weight excluding hydrogens is 340 g/mol. The molecule has 0 aromatic heterocycles. The largest absolute Gasteiger partial charge is 0.385 e. The summed E-state index contributed by atoms with van der Waals surface area (Å²) in [6.07, 6.45) is 12.3. The van der Waals surface area contributed by atoms with E-state index in [1.54, 1.807) is 7.11 Å². The van der Waals surface area contributed by atoms with E-state index in [9.17, 15) is 9.59 Å². The molecule has 0 aromatic rings. The lowest BCUT2D eigenvalue weighted by molar-refractivity contribution is -0.144. The monoisotopic (exact) mass is 378 g/mol. The Bertz CT molecular complexity index is 482. The van der Waals surface area contributed by atoms with Gasteiger partial charge in [0.15, 0.2) is 0 Å². The standard InChI is InChI=1S/C22H38N2O3/c1-27-15-5-8-18-11-13-23(14-12-18)22(26)20-9-10-21(25)24(17-20)16-19-6-3-2-4-7-19/h18-20H,2-17H2,1H3/t20-/m1/s1. The van der Waals surface area contributed by atoms with Crippen LogP contribution >= 0.6 is 0 Å². The number of rotatable bonds is 7. The average molecular weight is 379 g/mol. The van der Waals surface area contributed by atoms with E-state index < -0.39 is 0 Å². The van der Waals surface area contributed by atoms with Crippen molar-refractivity contribution in [3.8, 4) is 0 Å². The predicted molar refractivity (Wildman–Crippen MR) is 106 cm³/mol. The maximum absolute atomic E-state index is 13.0. The highest BCUT2D eigenvalue weighted by atomic mass is 16.5. The van der Waals surface area contributed by atoms with Gasteiger partial charge in [0, 0.05) is 46.3 Å². The van der Waals surface area contributed by atoms with Gasteiger partial charge in [0.25, 0.3) is 0 Å². The van der Waals surface area contributed by atoms with E-state index in [2.05, 4.69) is 4.90 Å². The van der Waals surface area contributed by atoms with Crippen molar-refractivity contribution >= 4 is 11.8 Å². The number of methoxy groups -OCH3 is 1. The van der Waals surface area contributed by atoms with Crippen molar-refractivity contribution in [3.05, 3.63) is 0 Å². The van der Waals surface area contributed by atoms with Crippen molar-refractivity contribution in [1.82, 2.24) is 9.80 Å². The minimum Gasteiger partial charge on any atom is -0.385 e. The minimum atomic E-state index is 0.0244. The van der Waals surface area contributed by atoms with Crippen LogP contribution in [0.15, 0.2) is 0 Å². The number of nitrogens with zero attached hydrogens (tertiary/aromatic N) is 2. The summed E-state index contributed by atoms with van der Waals surface area (Å²) in [6.45, 7) is 4.16. The van der Waals surface area contributed by atoms with Crippen molar-refractivity contribution in [2.24, 2.45) is 17.8 Å². The van der Waals surface area contributed by atoms with Crippen LogP contribution in [0.4, 0.5) is 0 Å². The van der Waals surface area contributed by atoms with Crippen LogP contribution in [0.25, 0.3) is 0 Å². The number of amides is 2. The third kappa shape index (κ3) is 5.94. The molecule has 0 spiro atoms. The number of piperidine rings is 2. The molecule has 5 nitrogen and oxygen atoms in total. The van der Waals surface area contributed by atoms with Crippen LogP contribution in [0, 0.1) is 17.8 Å². The second-order valence-corrected chi connectivity index (χ2v) is 8.94. The molecule has 3 aliphatic rings. The van der Waals surface area contributed by atoms with Crippen molar-refractivity contribution in [1.29, 1.82) is 0 Å². The summed E-state index contributed by atoms with van der Waals surface area (Å²) >= 11 is 0. The second-order valence-electron chi connectivity index (χ2n) is 8.94. The summed E-state index contributed by atoms with van der Waals surface area (Å²) in [5.74, 6) is 1.98. The van der Waals surface area contributed by atoms with Gasteiger partial charge < -0.3 is 14.5 Å². The number of carbonyl (C=O) groups is 2. The molecule has 0 bridgehead atoms. The molecule has 1 atom stereocenters. The van der Waals surface area contributed by atoms with E-state index in [0.29, 0.717) is 24.8 Å². The van der Waals surface area contributed by atoms with E-state index in [1.807, 2.05) is 4.90 Å². The lowest BCUT2D eigenvalue weighted by Crippen LogP contribution is -2.49. The normalized spacial score (nSPS) is 25.8. The zero-order valence-electron chi connectivity index (χ0n) is 17.2. The van der Waals surface area contributed by atoms with E-state index in [4.69, 9.17) is 4.74 Å². The Morgan fingerprint density at radius 2 is 1.78 bits per heavy atom. The lowest BCUT2D eigenvalue weighted by atomic mass is 9.87. The Labute approximate surface area is 164 Å². The maximum Gasteiger partial charge on any atom is 0.227 e. The molecule has 27 heavy (non-hydrogen) atoms. The molecule has 154 valence electrons. The van der Waals surface area contributed by atoms with Crippen LogP contribution in [0.1, 0.15) is 70.6 Å². The van der Waals surface area contributed by atoms with Gasteiger partial charge in [-0.05, 0) is 56.8 Å². The first-order valence-corrected chi connectivity index (χ1v) is 11.2. The smallest absolute Gasteiger partial charge is 0.227 e. The average Bonchev–Trinajstić information content (AvgIpc) is 2.71. The zero-order valence-corrected chi connectivity index (χ0v) is 17.2. The SMILES string of the molecule is COCCCC1CCN(C(=O)[C@@H]2CCC(=O)N(CC3CCCCC3)C2)CC1. The van der Waals surface area contributed by atoms with Crippen LogP contribution in [-0.2, 0) is 14.3 Å². The summed E-state index contributed by atoms with van der Waals surface area (Å²) in [7, 11) is 1.76. The lowest BCUT2D eigenvalue weighted by Gasteiger charge is -2.39. The van der Waals surface area contributed by atoms with Gasteiger partial charge in [0.2, 0.25) is 11.8 Å². The Morgan fingerprint density at radius 1 is 1.04 bits per heavy atom. The molecule has 5 heteroatoms. The summed E-state index contributed by atoms with van der Waals surface area (Å²) in [6, 6.07) is 0. The fourth-order valence-electron chi connectivity index (χ4n) is 5.19. The van der Waals surface area contributed by atoms with Crippen LogP contribution in [0.2, 0.25) is 0 Å². The van der Waals surface area contributed by atoms with Crippen LogP contribution < -0.4 is 0 Å². The molecule has 0 unspecified atom stereocenters. The molecule has 2 aliphatic heterocycles. The third-order valence-corrected chi connectivity index (χ3v) is 6.94. The summed E-state index contributed by atoms with van der Waals surface area (Å²) in [5, 5.41) is 0. The molecule has 1 saturated carbocycles. The van der Waals surface area contributed by atoms with Crippen molar-refractivity contribution in [3.63, 3.8) is 0 Å². The molecule has 2 amide bonds. The predicted octanol–water partition coefficient (Wildman–Crippen LogP) is 3.47. The second kappa shape index (κ2) is 10.4. The van der Waals surface area contributed by atoms with E-state index in [1.165, 1.54) is 38.5 Å². The molecule has 0 N–H and O–H groups in total. The Morgan fingerprint density at radius 3 is 2.48 bits per heavy atom. The number of hydrogen-bond acceptors (Lipinski definition) is 3. The molecule has 3 fully saturated rings. The van der Waals surface area contributed by atoms with Crippen LogP contribution in [0.3, 0.4) is 0 Å². The number of likely N-dealkylation sites (tertiary alicyclic amines) is 2. The van der Waals surface area contributed by atoms with Crippen molar-refractivity contribution in [2.45, 2.75) is 70.6 Å². The quantitative estimate of drug-likeness (QED) is 0.638. The van der Waals surface area contributed by atoms with E-state index in [-0.39, 0.29) is 11.8 Å².